The molecule has 0 spiro atoms. The fourth-order valence-corrected chi connectivity index (χ4v) is 3.94. The van der Waals surface area contributed by atoms with Crippen molar-refractivity contribution < 1.29 is 4.74 Å². The van der Waals surface area contributed by atoms with Crippen molar-refractivity contribution in [2.45, 2.75) is 31.3 Å². The van der Waals surface area contributed by atoms with Crippen LogP contribution in [0.5, 0.6) is 0 Å². The largest absolute Gasteiger partial charge is 0.361 e. The summed E-state index contributed by atoms with van der Waals surface area (Å²) in [5.74, 6) is 0. The van der Waals surface area contributed by atoms with Crippen LogP contribution in [0, 0.1) is 0 Å². The second kappa shape index (κ2) is 10.4. The van der Waals surface area contributed by atoms with Crippen molar-refractivity contribution in [2.24, 2.45) is 0 Å². The molecule has 0 atom stereocenters. The van der Waals surface area contributed by atoms with E-state index in [0.29, 0.717) is 0 Å². The Labute approximate surface area is 171 Å². The highest BCUT2D eigenvalue weighted by Crippen LogP contribution is 2.40. The predicted octanol–water partition coefficient (Wildman–Crippen LogP) is 6.95. The van der Waals surface area contributed by atoms with E-state index in [4.69, 9.17) is 4.74 Å². The monoisotopic (exact) mass is 422 g/mol. The topological polar surface area (TPSA) is 9.23 Å². The summed E-state index contributed by atoms with van der Waals surface area (Å²) in [4.78, 5) is 0. The maximum Gasteiger partial charge on any atom is 0.143 e. The number of benzene rings is 3. The number of rotatable bonds is 10. The molecule has 3 rings (SSSR count). The lowest BCUT2D eigenvalue weighted by atomic mass is 9.80. The molecular weight excluding hydrogens is 396 g/mol. The normalized spacial score (nSPS) is 11.4. The van der Waals surface area contributed by atoms with Crippen molar-refractivity contribution in [3.63, 3.8) is 0 Å². The van der Waals surface area contributed by atoms with E-state index in [0.717, 1.165) is 18.4 Å². The molecule has 0 saturated carbocycles. The smallest absolute Gasteiger partial charge is 0.143 e. The van der Waals surface area contributed by atoms with Crippen LogP contribution < -0.4 is 0 Å². The van der Waals surface area contributed by atoms with Gasteiger partial charge in [-0.15, -0.1) is 0 Å². The molecule has 0 aliphatic heterocycles. The molecule has 3 aromatic rings. The molecule has 140 valence electrons. The molecular formula is C25H27BrO. The first-order chi connectivity index (χ1) is 13.4. The Bertz CT molecular complexity index is 675. The summed E-state index contributed by atoms with van der Waals surface area (Å²) in [6.45, 7) is 0.737. The zero-order chi connectivity index (χ0) is 18.8. The van der Waals surface area contributed by atoms with Crippen LogP contribution in [0.4, 0.5) is 0 Å². The van der Waals surface area contributed by atoms with Gasteiger partial charge in [-0.3, -0.25) is 0 Å². The highest BCUT2D eigenvalue weighted by atomic mass is 79.9. The number of alkyl halides is 1. The lowest BCUT2D eigenvalue weighted by molar-refractivity contribution is 0.0107. The molecule has 3 aromatic carbocycles. The average Bonchev–Trinajstić information content (AvgIpc) is 2.75. The van der Waals surface area contributed by atoms with E-state index in [1.165, 1.54) is 36.0 Å². The van der Waals surface area contributed by atoms with Crippen molar-refractivity contribution in [1.29, 1.82) is 0 Å². The van der Waals surface area contributed by atoms with Crippen LogP contribution in [0.3, 0.4) is 0 Å². The third-order valence-electron chi connectivity index (χ3n) is 4.89. The molecule has 0 aliphatic rings. The van der Waals surface area contributed by atoms with Crippen LogP contribution in [0.25, 0.3) is 0 Å². The summed E-state index contributed by atoms with van der Waals surface area (Å²) in [5.41, 5.74) is 2.92. The van der Waals surface area contributed by atoms with Gasteiger partial charge < -0.3 is 4.74 Å². The first kappa shape index (κ1) is 19.9. The SMILES string of the molecule is BrCCCCCCOC(c1ccccc1)(c1ccccc1)c1ccccc1. The molecule has 2 heteroatoms. The maximum atomic E-state index is 6.76. The molecule has 0 amide bonds. The zero-order valence-corrected chi connectivity index (χ0v) is 17.3. The minimum Gasteiger partial charge on any atom is -0.361 e. The van der Waals surface area contributed by atoms with E-state index in [9.17, 15) is 0 Å². The van der Waals surface area contributed by atoms with E-state index >= 15 is 0 Å². The summed E-state index contributed by atoms with van der Waals surface area (Å²) in [7, 11) is 0. The lowest BCUT2D eigenvalue weighted by Crippen LogP contribution is -2.33. The molecule has 0 N–H and O–H groups in total. The maximum absolute atomic E-state index is 6.76. The van der Waals surface area contributed by atoms with Crippen LogP contribution >= 0.6 is 15.9 Å². The van der Waals surface area contributed by atoms with E-state index in [-0.39, 0.29) is 0 Å². The Hall–Kier alpha value is -1.90. The summed E-state index contributed by atoms with van der Waals surface area (Å²) in [6, 6.07) is 31.8. The molecule has 27 heavy (non-hydrogen) atoms. The van der Waals surface area contributed by atoms with Crippen molar-refractivity contribution in [2.75, 3.05) is 11.9 Å². The van der Waals surface area contributed by atoms with E-state index in [2.05, 4.69) is 107 Å². The molecule has 0 radical (unpaired) electrons. The van der Waals surface area contributed by atoms with Crippen LogP contribution in [0.15, 0.2) is 91.0 Å². The number of ether oxygens (including phenoxy) is 1. The van der Waals surface area contributed by atoms with Crippen molar-refractivity contribution in [1.82, 2.24) is 0 Å². The highest BCUT2D eigenvalue weighted by molar-refractivity contribution is 9.09. The van der Waals surface area contributed by atoms with Gasteiger partial charge in [-0.25, -0.2) is 0 Å². The molecule has 0 unspecified atom stereocenters. The number of hydrogen-bond donors (Lipinski definition) is 0. The predicted molar refractivity (Wildman–Crippen MR) is 117 cm³/mol. The Morgan fingerprint density at radius 1 is 0.556 bits per heavy atom. The fraction of sp³-hybridized carbons (Fsp3) is 0.280. The number of halogens is 1. The molecule has 0 aromatic heterocycles. The minimum absolute atomic E-state index is 0.584. The summed E-state index contributed by atoms with van der Waals surface area (Å²) in [5, 5.41) is 1.08. The second-order valence-electron chi connectivity index (χ2n) is 6.73. The van der Waals surface area contributed by atoms with Crippen LogP contribution in [-0.4, -0.2) is 11.9 Å². The lowest BCUT2D eigenvalue weighted by Gasteiger charge is -2.36. The van der Waals surface area contributed by atoms with E-state index in [1.54, 1.807) is 0 Å². The average molecular weight is 423 g/mol. The van der Waals surface area contributed by atoms with Gasteiger partial charge in [0.1, 0.15) is 5.60 Å². The van der Waals surface area contributed by atoms with Crippen molar-refractivity contribution >= 4 is 15.9 Å². The highest BCUT2D eigenvalue weighted by Gasteiger charge is 2.37. The van der Waals surface area contributed by atoms with Gasteiger partial charge in [-0.2, -0.15) is 0 Å². The first-order valence-electron chi connectivity index (χ1n) is 9.74. The molecule has 0 fully saturated rings. The Kier molecular flexibility index (Phi) is 7.67. The minimum atomic E-state index is -0.584. The van der Waals surface area contributed by atoms with Gasteiger partial charge >= 0.3 is 0 Å². The Balaban J connectivity index is 1.98. The van der Waals surface area contributed by atoms with Crippen molar-refractivity contribution in [3.05, 3.63) is 108 Å². The summed E-state index contributed by atoms with van der Waals surface area (Å²) < 4.78 is 6.76. The number of hydrogen-bond acceptors (Lipinski definition) is 1. The van der Waals surface area contributed by atoms with Gasteiger partial charge in [0.15, 0.2) is 0 Å². The summed E-state index contributed by atoms with van der Waals surface area (Å²) >= 11 is 3.51. The zero-order valence-electron chi connectivity index (χ0n) is 15.7. The Morgan fingerprint density at radius 3 is 1.37 bits per heavy atom. The standard InChI is InChI=1S/C25H27BrO/c26-20-12-1-2-13-21-27-25(22-14-6-3-7-15-22,23-16-8-4-9-17-23)24-18-10-5-11-19-24/h3-11,14-19H,1-2,12-13,20-21H2. The molecule has 0 bridgehead atoms. The van der Waals surface area contributed by atoms with Gasteiger partial charge in [0, 0.05) is 11.9 Å². The molecule has 0 saturated heterocycles. The van der Waals surface area contributed by atoms with Gasteiger partial charge in [0.2, 0.25) is 0 Å². The van der Waals surface area contributed by atoms with Gasteiger partial charge in [-0.05, 0) is 29.5 Å². The van der Waals surface area contributed by atoms with Gasteiger partial charge in [-0.1, -0.05) is 120 Å². The molecule has 1 nitrogen and oxygen atoms in total. The second-order valence-corrected chi connectivity index (χ2v) is 7.52. The van der Waals surface area contributed by atoms with E-state index < -0.39 is 5.60 Å². The first-order valence-corrected chi connectivity index (χ1v) is 10.9. The van der Waals surface area contributed by atoms with E-state index in [1.807, 2.05) is 0 Å². The molecule has 0 aliphatic carbocycles. The third-order valence-corrected chi connectivity index (χ3v) is 5.45. The van der Waals surface area contributed by atoms with Crippen LogP contribution in [0.2, 0.25) is 0 Å². The Morgan fingerprint density at radius 2 is 0.963 bits per heavy atom. The van der Waals surface area contributed by atoms with Gasteiger partial charge in [0.25, 0.3) is 0 Å². The molecule has 0 heterocycles. The fourth-order valence-electron chi connectivity index (χ4n) is 3.54. The third kappa shape index (κ3) is 4.88. The van der Waals surface area contributed by atoms with Crippen LogP contribution in [-0.2, 0) is 10.3 Å². The quantitative estimate of drug-likeness (QED) is 0.195. The summed E-state index contributed by atoms with van der Waals surface area (Å²) in [6.07, 6.45) is 4.73. The number of unbranched alkanes of at least 4 members (excludes halogenated alkanes) is 3. The van der Waals surface area contributed by atoms with Crippen LogP contribution in [0.1, 0.15) is 42.4 Å². The van der Waals surface area contributed by atoms with Gasteiger partial charge in [0.05, 0.1) is 0 Å². The van der Waals surface area contributed by atoms with Crippen molar-refractivity contribution in [3.8, 4) is 0 Å².